The van der Waals surface area contributed by atoms with Crippen LogP contribution in [0.3, 0.4) is 0 Å². The first-order chi connectivity index (χ1) is 14.6. The van der Waals surface area contributed by atoms with E-state index in [9.17, 15) is 5.11 Å². The number of hydrogen-bond acceptors (Lipinski definition) is 1. The normalized spacial score (nSPS) is 12.4. The molecule has 0 saturated carbocycles. The van der Waals surface area contributed by atoms with Gasteiger partial charge in [-0.15, -0.1) is 0 Å². The minimum atomic E-state index is -2.21. The minimum Gasteiger partial charge on any atom is -0.384 e. The third-order valence-electron chi connectivity index (χ3n) is 5.75. The lowest BCUT2D eigenvalue weighted by atomic mass is 10.1. The van der Waals surface area contributed by atoms with E-state index in [-0.39, 0.29) is 0 Å². The van der Waals surface area contributed by atoms with E-state index in [4.69, 9.17) is 0 Å². The molecule has 30 heavy (non-hydrogen) atoms. The fourth-order valence-corrected chi connectivity index (χ4v) is 8.68. The fourth-order valence-electron chi connectivity index (χ4n) is 4.19. The molecule has 0 aliphatic rings. The molecule has 0 fully saturated rings. The molecule has 0 radical (unpaired) electrons. The number of rotatable bonds is 5. The summed E-state index contributed by atoms with van der Waals surface area (Å²) in [5, 5.41) is 16.4. The Kier molecular flexibility index (Phi) is 6.04. The van der Waals surface area contributed by atoms with Crippen LogP contribution in [0.15, 0.2) is 115 Å². The zero-order valence-corrected chi connectivity index (χ0v) is 18.3. The Morgan fingerprint density at radius 3 is 1.33 bits per heavy atom. The predicted octanol–water partition coefficient (Wildman–Crippen LogP) is 5.21. The van der Waals surface area contributed by atoms with Gasteiger partial charge in [0, 0.05) is 0 Å². The minimum absolute atomic E-state index is 0.653. The zero-order chi connectivity index (χ0) is 21.0. The number of hydrogen-bond donors (Lipinski definition) is 1. The number of aliphatic hydroxyl groups excluding tert-OH is 1. The number of aryl methyl sites for hydroxylation is 1. The second kappa shape index (κ2) is 8.88. The Labute approximate surface area is 179 Å². The van der Waals surface area contributed by atoms with Crippen molar-refractivity contribution in [2.75, 3.05) is 0 Å². The van der Waals surface area contributed by atoms with Crippen LogP contribution < -0.4 is 15.9 Å². The van der Waals surface area contributed by atoms with Crippen LogP contribution in [0.2, 0.25) is 0 Å². The van der Waals surface area contributed by atoms with E-state index in [1.54, 1.807) is 0 Å². The molecule has 0 spiro atoms. The van der Waals surface area contributed by atoms with E-state index >= 15 is 0 Å². The van der Waals surface area contributed by atoms with Crippen LogP contribution >= 0.6 is 6.89 Å². The quantitative estimate of drug-likeness (QED) is 0.448. The molecule has 0 saturated heterocycles. The monoisotopic (exact) mass is 410 g/mol. The molecular formula is C28H27OP. The Morgan fingerprint density at radius 2 is 0.967 bits per heavy atom. The first-order valence-electron chi connectivity index (χ1n) is 10.3. The molecule has 2 heteroatoms. The van der Waals surface area contributed by atoms with Crippen molar-refractivity contribution in [1.29, 1.82) is 0 Å². The van der Waals surface area contributed by atoms with Crippen LogP contribution in [0, 0.1) is 6.92 Å². The van der Waals surface area contributed by atoms with Gasteiger partial charge in [-0.3, -0.25) is 0 Å². The van der Waals surface area contributed by atoms with Crippen LogP contribution in [0.1, 0.15) is 24.2 Å². The Morgan fingerprint density at radius 1 is 0.600 bits per heavy atom. The van der Waals surface area contributed by atoms with Gasteiger partial charge < -0.3 is 5.11 Å². The van der Waals surface area contributed by atoms with Crippen molar-refractivity contribution in [3.8, 4) is 0 Å². The van der Waals surface area contributed by atoms with Gasteiger partial charge in [0.15, 0.2) is 0 Å². The Balaban J connectivity index is 2.11. The van der Waals surface area contributed by atoms with Crippen molar-refractivity contribution in [1.82, 2.24) is 0 Å². The van der Waals surface area contributed by atoms with E-state index in [1.807, 2.05) is 12.1 Å². The Bertz CT molecular complexity index is 1040. The smallest absolute Gasteiger partial charge is 0.101 e. The summed E-state index contributed by atoms with van der Waals surface area (Å²) < 4.78 is 0. The summed E-state index contributed by atoms with van der Waals surface area (Å²) in [7, 11) is 0. The van der Waals surface area contributed by atoms with Gasteiger partial charge >= 0.3 is 0 Å². The van der Waals surface area contributed by atoms with Crippen molar-refractivity contribution in [3.05, 3.63) is 126 Å². The van der Waals surface area contributed by atoms with E-state index < -0.39 is 13.0 Å². The molecule has 0 heterocycles. The molecule has 0 aliphatic carbocycles. The molecule has 0 bridgehead atoms. The van der Waals surface area contributed by atoms with Gasteiger partial charge in [0.1, 0.15) is 6.10 Å². The summed E-state index contributed by atoms with van der Waals surface area (Å²) in [6.07, 6.45) is -0.653. The van der Waals surface area contributed by atoms with Gasteiger partial charge in [-0.2, -0.15) is 0 Å². The van der Waals surface area contributed by atoms with E-state index in [0.717, 1.165) is 10.9 Å². The van der Waals surface area contributed by atoms with Gasteiger partial charge in [0.25, 0.3) is 0 Å². The van der Waals surface area contributed by atoms with E-state index in [0.29, 0.717) is 0 Å². The third kappa shape index (κ3) is 3.67. The van der Waals surface area contributed by atoms with Crippen molar-refractivity contribution in [2.24, 2.45) is 0 Å². The average molecular weight is 410 g/mol. The highest BCUT2D eigenvalue weighted by Gasteiger charge is 2.30. The molecule has 1 nitrogen and oxygen atoms in total. The van der Waals surface area contributed by atoms with Crippen molar-refractivity contribution in [3.63, 3.8) is 0 Å². The highest BCUT2D eigenvalue weighted by atomic mass is 31.2. The topological polar surface area (TPSA) is 20.2 Å². The lowest BCUT2D eigenvalue weighted by Gasteiger charge is -2.33. The molecule has 0 amide bonds. The second-order valence-electron chi connectivity index (χ2n) is 7.63. The SMILES string of the molecule is CC(C(O)c1ccc(C)cc1)=P(c1ccccc1)(c1ccccc1)c1ccccc1. The van der Waals surface area contributed by atoms with Crippen LogP contribution in [-0.4, -0.2) is 10.4 Å². The Hall–Kier alpha value is -2.86. The summed E-state index contributed by atoms with van der Waals surface area (Å²) in [6, 6.07) is 40.2. The van der Waals surface area contributed by atoms with Gasteiger partial charge in [-0.25, -0.2) is 0 Å². The highest BCUT2D eigenvalue weighted by molar-refractivity contribution is 7.95. The summed E-state index contributed by atoms with van der Waals surface area (Å²) in [5.74, 6) is 0. The molecule has 1 N–H and O–H groups in total. The predicted molar refractivity (Wildman–Crippen MR) is 132 cm³/mol. The van der Waals surface area contributed by atoms with E-state index in [2.05, 4.69) is 117 Å². The highest BCUT2D eigenvalue weighted by Crippen LogP contribution is 2.48. The zero-order valence-electron chi connectivity index (χ0n) is 17.4. The maximum absolute atomic E-state index is 11.6. The van der Waals surface area contributed by atoms with Crippen LogP contribution in [0.5, 0.6) is 0 Å². The molecule has 1 unspecified atom stereocenters. The molecule has 150 valence electrons. The second-order valence-corrected chi connectivity index (χ2v) is 11.2. The van der Waals surface area contributed by atoms with Crippen molar-refractivity contribution in [2.45, 2.75) is 20.0 Å². The summed E-state index contributed by atoms with van der Waals surface area (Å²) in [5.41, 5.74) is 2.13. The van der Waals surface area contributed by atoms with Gasteiger partial charge in [-0.1, -0.05) is 121 Å². The number of aliphatic hydroxyl groups is 1. The fraction of sp³-hybridized carbons (Fsp3) is 0.107. The van der Waals surface area contributed by atoms with Crippen molar-refractivity contribution < 1.29 is 5.11 Å². The van der Waals surface area contributed by atoms with Crippen molar-refractivity contribution >= 4 is 28.1 Å². The first-order valence-corrected chi connectivity index (χ1v) is 12.1. The van der Waals surface area contributed by atoms with Gasteiger partial charge in [0.05, 0.1) is 0 Å². The van der Waals surface area contributed by atoms with Crippen LogP contribution in [-0.2, 0) is 0 Å². The number of benzene rings is 4. The lowest BCUT2D eigenvalue weighted by Crippen LogP contribution is -2.31. The third-order valence-corrected chi connectivity index (χ3v) is 10.3. The average Bonchev–Trinajstić information content (AvgIpc) is 2.82. The van der Waals surface area contributed by atoms with Crippen LogP contribution in [0.4, 0.5) is 0 Å². The molecule has 0 aromatic heterocycles. The summed E-state index contributed by atoms with van der Waals surface area (Å²) >= 11 is 0. The maximum Gasteiger partial charge on any atom is 0.101 e. The lowest BCUT2D eigenvalue weighted by molar-refractivity contribution is 0.249. The standard InChI is InChI=1S/C28H27OP/c1-22-18-20-24(21-19-22)28(29)23(2)30(25-12-6-3-7-13-25,26-14-8-4-9-15-26)27-16-10-5-11-17-27/h3-21,28-29H,1-2H3. The van der Waals surface area contributed by atoms with Crippen LogP contribution in [0.25, 0.3) is 0 Å². The summed E-state index contributed by atoms with van der Waals surface area (Å²) in [4.78, 5) is 0. The molecule has 4 rings (SSSR count). The maximum atomic E-state index is 11.6. The molecule has 1 atom stereocenters. The van der Waals surface area contributed by atoms with Gasteiger partial charge in [0.2, 0.25) is 0 Å². The summed E-state index contributed by atoms with van der Waals surface area (Å²) in [6.45, 7) is 1.99. The molecule has 0 aliphatic heterocycles. The van der Waals surface area contributed by atoms with Gasteiger partial charge in [-0.05, 0) is 47.5 Å². The largest absolute Gasteiger partial charge is 0.384 e. The molecular weight excluding hydrogens is 383 g/mol. The molecule has 4 aromatic rings. The molecule has 4 aromatic carbocycles. The first kappa shape index (κ1) is 20.4. The van der Waals surface area contributed by atoms with E-state index in [1.165, 1.54) is 21.5 Å².